The van der Waals surface area contributed by atoms with Crippen molar-refractivity contribution >= 4 is 23.4 Å². The number of rotatable bonds is 7. The maximum Gasteiger partial charge on any atom is 0.236 e. The van der Waals surface area contributed by atoms with E-state index < -0.39 is 0 Å². The van der Waals surface area contributed by atoms with Gasteiger partial charge in [-0.3, -0.25) is 9.69 Å². The van der Waals surface area contributed by atoms with Gasteiger partial charge in [-0.05, 0) is 44.2 Å². The van der Waals surface area contributed by atoms with Gasteiger partial charge in [0.05, 0.1) is 6.54 Å². The lowest BCUT2D eigenvalue weighted by molar-refractivity contribution is -0.133. The minimum atomic E-state index is 0.257. The molecular weight excluding hydrogens is 408 g/mol. The molecule has 0 saturated carbocycles. The van der Waals surface area contributed by atoms with Gasteiger partial charge in [0.25, 0.3) is 0 Å². The zero-order chi connectivity index (χ0) is 21.6. The summed E-state index contributed by atoms with van der Waals surface area (Å²) in [4.78, 5) is 19.7. The van der Waals surface area contributed by atoms with E-state index in [0.29, 0.717) is 12.5 Å². The summed E-state index contributed by atoms with van der Waals surface area (Å²) >= 11 is 1.75. The smallest absolute Gasteiger partial charge is 0.236 e. The van der Waals surface area contributed by atoms with Crippen molar-refractivity contribution in [3.8, 4) is 0 Å². The number of hydrogen-bond donors (Lipinski definition) is 0. The summed E-state index contributed by atoms with van der Waals surface area (Å²) in [5.41, 5.74) is 1.24. The Morgan fingerprint density at radius 1 is 1.06 bits per heavy atom. The highest BCUT2D eigenvalue weighted by Crippen LogP contribution is 2.28. The van der Waals surface area contributed by atoms with Crippen molar-refractivity contribution in [1.29, 1.82) is 0 Å². The van der Waals surface area contributed by atoms with Gasteiger partial charge in [-0.1, -0.05) is 36.9 Å². The molecule has 2 aliphatic heterocycles. The monoisotopic (exact) mass is 442 g/mol. The first-order valence-corrected chi connectivity index (χ1v) is 12.5. The van der Waals surface area contributed by atoms with E-state index in [-0.39, 0.29) is 5.91 Å². The molecular formula is C23H34N6OS. The molecule has 0 N–H and O–H groups in total. The third-order valence-electron chi connectivity index (χ3n) is 6.32. The molecule has 1 atom stereocenters. The number of piperazine rings is 1. The Bertz CT molecular complexity index is 849. The molecule has 0 radical (unpaired) electrons. The lowest BCUT2D eigenvalue weighted by atomic mass is 9.97. The molecule has 8 heteroatoms. The number of amides is 1. The summed E-state index contributed by atoms with van der Waals surface area (Å²) in [5, 5.41) is 9.97. The maximum absolute atomic E-state index is 13.0. The topological polar surface area (TPSA) is 57.5 Å². The molecule has 0 unspecified atom stereocenters. The summed E-state index contributed by atoms with van der Waals surface area (Å²) < 4.78 is 2.26. The van der Waals surface area contributed by atoms with E-state index in [1.54, 1.807) is 11.8 Å². The summed E-state index contributed by atoms with van der Waals surface area (Å²) in [7, 11) is 0. The molecule has 2 fully saturated rings. The van der Waals surface area contributed by atoms with E-state index in [1.807, 2.05) is 11.0 Å². The van der Waals surface area contributed by atoms with Crippen LogP contribution in [-0.4, -0.2) is 82.0 Å². The minimum absolute atomic E-state index is 0.257. The molecule has 0 aliphatic carbocycles. The van der Waals surface area contributed by atoms with E-state index in [9.17, 15) is 4.79 Å². The molecule has 1 aromatic carbocycles. The van der Waals surface area contributed by atoms with Crippen LogP contribution >= 0.6 is 11.8 Å². The Hall–Kier alpha value is -2.06. The molecule has 2 aliphatic rings. The number of carbonyl (C=O) groups excluding carboxylic acids is 1. The SMILES string of the molecule is CCSc1nnc([C@H]2CCCN(CC(=O)N3CCN(c4ccccc4)CC3)C2)n1CC. The van der Waals surface area contributed by atoms with Crippen molar-refractivity contribution in [1.82, 2.24) is 24.6 Å². The fourth-order valence-corrected chi connectivity index (χ4v) is 5.42. The highest BCUT2D eigenvalue weighted by Gasteiger charge is 2.29. The van der Waals surface area contributed by atoms with Crippen molar-refractivity contribution in [3.05, 3.63) is 36.2 Å². The summed E-state index contributed by atoms with van der Waals surface area (Å²) in [6.07, 6.45) is 2.22. The Morgan fingerprint density at radius 3 is 2.55 bits per heavy atom. The number of carbonyl (C=O) groups is 1. The lowest BCUT2D eigenvalue weighted by Crippen LogP contribution is -2.52. The van der Waals surface area contributed by atoms with E-state index >= 15 is 0 Å². The number of aromatic nitrogens is 3. The fourth-order valence-electron chi connectivity index (χ4n) is 4.69. The van der Waals surface area contributed by atoms with Crippen molar-refractivity contribution in [2.45, 2.75) is 44.3 Å². The molecule has 2 saturated heterocycles. The van der Waals surface area contributed by atoms with Crippen LogP contribution < -0.4 is 4.90 Å². The first kappa shape index (κ1) is 22.1. The predicted molar refractivity (Wildman–Crippen MR) is 126 cm³/mol. The average Bonchev–Trinajstić information content (AvgIpc) is 3.23. The number of hydrogen-bond acceptors (Lipinski definition) is 6. The van der Waals surface area contributed by atoms with Gasteiger partial charge < -0.3 is 14.4 Å². The Morgan fingerprint density at radius 2 is 1.84 bits per heavy atom. The van der Waals surface area contributed by atoms with Gasteiger partial charge in [0.1, 0.15) is 5.82 Å². The summed E-state index contributed by atoms with van der Waals surface area (Å²) in [6.45, 7) is 11.0. The van der Waals surface area contributed by atoms with Crippen LogP contribution in [0.4, 0.5) is 5.69 Å². The van der Waals surface area contributed by atoms with Crippen LogP contribution in [0, 0.1) is 0 Å². The number of para-hydroxylation sites is 1. The second kappa shape index (κ2) is 10.5. The van der Waals surface area contributed by atoms with Gasteiger partial charge in [0, 0.05) is 50.9 Å². The first-order valence-electron chi connectivity index (χ1n) is 11.6. The van der Waals surface area contributed by atoms with Gasteiger partial charge in [-0.25, -0.2) is 0 Å². The first-order chi connectivity index (χ1) is 15.2. The van der Waals surface area contributed by atoms with E-state index in [1.165, 1.54) is 5.69 Å². The van der Waals surface area contributed by atoms with Crippen LogP contribution in [0.25, 0.3) is 0 Å². The molecule has 1 aromatic heterocycles. The number of anilines is 1. The van der Waals surface area contributed by atoms with Crippen LogP contribution in [0.15, 0.2) is 35.5 Å². The van der Waals surface area contributed by atoms with Gasteiger partial charge >= 0.3 is 0 Å². The normalized spacial score (nSPS) is 20.3. The third kappa shape index (κ3) is 5.23. The second-order valence-electron chi connectivity index (χ2n) is 8.30. The molecule has 2 aromatic rings. The minimum Gasteiger partial charge on any atom is -0.368 e. The second-order valence-corrected chi connectivity index (χ2v) is 9.53. The Kier molecular flexibility index (Phi) is 7.50. The summed E-state index contributed by atoms with van der Waals surface area (Å²) in [5.74, 6) is 2.70. The quantitative estimate of drug-likeness (QED) is 0.615. The molecule has 0 spiro atoms. The number of piperidine rings is 1. The van der Waals surface area contributed by atoms with Gasteiger partial charge in [0.2, 0.25) is 5.91 Å². The van der Waals surface area contributed by atoms with E-state index in [2.05, 4.69) is 62.7 Å². The molecule has 3 heterocycles. The van der Waals surface area contributed by atoms with Gasteiger partial charge in [0.15, 0.2) is 5.16 Å². The van der Waals surface area contributed by atoms with E-state index in [0.717, 1.165) is 75.4 Å². The molecule has 0 bridgehead atoms. The standard InChI is InChI=1S/C23H34N6OS/c1-3-29-22(24-25-23(29)31-4-2)19-9-8-12-26(17-19)18-21(30)28-15-13-27(14-16-28)20-10-6-5-7-11-20/h5-7,10-11,19H,3-4,8-9,12-18H2,1-2H3/t19-/m0/s1. The van der Waals surface area contributed by atoms with Gasteiger partial charge in [-0.15, -0.1) is 10.2 Å². The van der Waals surface area contributed by atoms with Crippen molar-refractivity contribution in [2.75, 3.05) is 56.5 Å². The lowest BCUT2D eigenvalue weighted by Gasteiger charge is -2.38. The predicted octanol–water partition coefficient (Wildman–Crippen LogP) is 2.94. The fraction of sp³-hybridized carbons (Fsp3) is 0.609. The van der Waals surface area contributed by atoms with Crippen LogP contribution in [-0.2, 0) is 11.3 Å². The Balaban J connectivity index is 1.31. The maximum atomic E-state index is 13.0. The van der Waals surface area contributed by atoms with Crippen LogP contribution in [0.2, 0.25) is 0 Å². The van der Waals surface area contributed by atoms with Crippen molar-refractivity contribution in [3.63, 3.8) is 0 Å². The van der Waals surface area contributed by atoms with Crippen LogP contribution in [0.5, 0.6) is 0 Å². The molecule has 4 rings (SSSR count). The number of thioether (sulfide) groups is 1. The zero-order valence-electron chi connectivity index (χ0n) is 18.7. The average molecular weight is 443 g/mol. The van der Waals surface area contributed by atoms with Crippen LogP contribution in [0.1, 0.15) is 38.4 Å². The third-order valence-corrected chi connectivity index (χ3v) is 7.17. The largest absolute Gasteiger partial charge is 0.368 e. The molecule has 168 valence electrons. The zero-order valence-corrected chi connectivity index (χ0v) is 19.6. The van der Waals surface area contributed by atoms with Crippen LogP contribution in [0.3, 0.4) is 0 Å². The van der Waals surface area contributed by atoms with E-state index in [4.69, 9.17) is 0 Å². The highest BCUT2D eigenvalue weighted by atomic mass is 32.2. The van der Waals surface area contributed by atoms with Crippen molar-refractivity contribution < 1.29 is 4.79 Å². The molecule has 31 heavy (non-hydrogen) atoms. The number of likely N-dealkylation sites (tertiary alicyclic amines) is 1. The highest BCUT2D eigenvalue weighted by molar-refractivity contribution is 7.99. The van der Waals surface area contributed by atoms with Crippen molar-refractivity contribution in [2.24, 2.45) is 0 Å². The van der Waals surface area contributed by atoms with Gasteiger partial charge in [-0.2, -0.15) is 0 Å². The molecule has 1 amide bonds. The number of nitrogens with zero attached hydrogens (tertiary/aromatic N) is 6. The molecule has 7 nitrogen and oxygen atoms in total. The number of benzene rings is 1. The Labute approximate surface area is 189 Å². The summed E-state index contributed by atoms with van der Waals surface area (Å²) in [6, 6.07) is 10.5.